The second-order valence-corrected chi connectivity index (χ2v) is 5.80. The molecule has 1 aromatic carbocycles. The summed E-state index contributed by atoms with van der Waals surface area (Å²) in [7, 11) is 0. The van der Waals surface area contributed by atoms with Gasteiger partial charge in [0.25, 0.3) is 0 Å². The molecule has 0 aliphatic heterocycles. The van der Waals surface area contributed by atoms with Gasteiger partial charge < -0.3 is 10.4 Å². The van der Waals surface area contributed by atoms with Gasteiger partial charge in [-0.15, -0.1) is 0 Å². The summed E-state index contributed by atoms with van der Waals surface area (Å²) in [6.07, 6.45) is 1.76. The maximum Gasteiger partial charge on any atom is 0.334 e. The van der Waals surface area contributed by atoms with Gasteiger partial charge in [-0.3, -0.25) is 9.78 Å². The summed E-state index contributed by atoms with van der Waals surface area (Å²) in [4.78, 5) is 28.1. The van der Waals surface area contributed by atoms with Gasteiger partial charge in [-0.25, -0.2) is 4.79 Å². The number of carboxylic acid groups (broad SMARTS) is 1. The minimum atomic E-state index is -1.37. The molecule has 0 bridgehead atoms. The Morgan fingerprint density at radius 1 is 1.17 bits per heavy atom. The number of hydrogen-bond acceptors (Lipinski definition) is 3. The van der Waals surface area contributed by atoms with E-state index < -0.39 is 11.5 Å². The molecule has 1 amide bonds. The lowest BCUT2D eigenvalue weighted by Crippen LogP contribution is -2.53. The first-order chi connectivity index (χ1) is 11.0. The summed E-state index contributed by atoms with van der Waals surface area (Å²) in [5, 5.41) is 12.4. The number of nitrogens with one attached hydrogen (secondary N) is 1. The van der Waals surface area contributed by atoms with Crippen molar-refractivity contribution < 1.29 is 14.7 Å². The summed E-state index contributed by atoms with van der Waals surface area (Å²) < 4.78 is 0. The van der Waals surface area contributed by atoms with Crippen molar-refractivity contribution in [3.63, 3.8) is 0 Å². The molecule has 0 radical (unpaired) electrons. The molecule has 1 atom stereocenters. The van der Waals surface area contributed by atoms with Crippen molar-refractivity contribution in [1.82, 2.24) is 10.3 Å². The molecule has 0 fully saturated rings. The van der Waals surface area contributed by atoms with Gasteiger partial charge >= 0.3 is 5.97 Å². The number of amides is 1. The molecule has 2 N–H and O–H groups in total. The molecule has 1 unspecified atom stereocenters. The van der Waals surface area contributed by atoms with E-state index >= 15 is 0 Å². The monoisotopic (exact) mass is 310 g/mol. The first kappa shape index (κ1) is 15.2. The van der Waals surface area contributed by atoms with E-state index in [1.165, 1.54) is 6.92 Å². The summed E-state index contributed by atoms with van der Waals surface area (Å²) in [6, 6.07) is 13.4. The normalized spacial score (nSPS) is 19.7. The Morgan fingerprint density at radius 2 is 1.91 bits per heavy atom. The molecule has 0 saturated heterocycles. The molecule has 1 heterocycles. The Labute approximate surface area is 134 Å². The van der Waals surface area contributed by atoms with Crippen LogP contribution < -0.4 is 5.32 Å². The van der Waals surface area contributed by atoms with Gasteiger partial charge in [-0.05, 0) is 25.3 Å². The summed E-state index contributed by atoms with van der Waals surface area (Å²) in [6.45, 7) is 1.34. The quantitative estimate of drug-likeness (QED) is 0.913. The molecule has 5 heteroatoms. The number of benzene rings is 1. The molecule has 5 nitrogen and oxygen atoms in total. The highest BCUT2D eigenvalue weighted by atomic mass is 16.4. The van der Waals surface area contributed by atoms with Gasteiger partial charge in [-0.1, -0.05) is 36.4 Å². The fourth-order valence-electron chi connectivity index (χ4n) is 3.21. The van der Waals surface area contributed by atoms with Crippen LogP contribution in [0.4, 0.5) is 0 Å². The standard InChI is InChI=1S/C18H18N2O3/c1-12(21)20-18(17(22)23)11-5-8-16-14(18)9-10-15(19-16)13-6-3-2-4-7-13/h2-4,6-7,9-10H,5,8,11H2,1H3,(H,20,21)(H,22,23). The Morgan fingerprint density at radius 3 is 2.57 bits per heavy atom. The van der Waals surface area contributed by atoms with Crippen LogP contribution in [-0.4, -0.2) is 22.0 Å². The number of aromatic nitrogens is 1. The van der Waals surface area contributed by atoms with Crippen molar-refractivity contribution in [2.24, 2.45) is 0 Å². The highest BCUT2D eigenvalue weighted by Gasteiger charge is 2.45. The van der Waals surface area contributed by atoms with Crippen LogP contribution in [0.3, 0.4) is 0 Å². The lowest BCUT2D eigenvalue weighted by atomic mass is 9.78. The number of carboxylic acids is 1. The van der Waals surface area contributed by atoms with E-state index in [0.717, 1.165) is 17.0 Å². The predicted octanol–water partition coefficient (Wildman–Crippen LogP) is 2.50. The van der Waals surface area contributed by atoms with E-state index in [1.54, 1.807) is 6.07 Å². The first-order valence-electron chi connectivity index (χ1n) is 7.61. The van der Waals surface area contributed by atoms with Crippen LogP contribution in [0.5, 0.6) is 0 Å². The van der Waals surface area contributed by atoms with Gasteiger partial charge in [-0.2, -0.15) is 0 Å². The number of carbonyl (C=O) groups is 2. The van der Waals surface area contributed by atoms with E-state index in [9.17, 15) is 14.7 Å². The number of fused-ring (bicyclic) bond motifs is 1. The van der Waals surface area contributed by atoms with Crippen LogP contribution in [-0.2, 0) is 21.5 Å². The molecule has 1 aliphatic rings. The van der Waals surface area contributed by atoms with Crippen LogP contribution in [0.25, 0.3) is 11.3 Å². The van der Waals surface area contributed by atoms with E-state index in [0.29, 0.717) is 24.8 Å². The Kier molecular flexibility index (Phi) is 3.86. The van der Waals surface area contributed by atoms with Gasteiger partial charge in [0.1, 0.15) is 0 Å². The topological polar surface area (TPSA) is 79.3 Å². The molecule has 0 saturated carbocycles. The highest BCUT2D eigenvalue weighted by molar-refractivity contribution is 5.88. The number of aliphatic carboxylic acids is 1. The number of rotatable bonds is 3. The first-order valence-corrected chi connectivity index (χ1v) is 7.61. The SMILES string of the molecule is CC(=O)NC1(C(=O)O)CCCc2nc(-c3ccccc3)ccc21. The van der Waals surface area contributed by atoms with Crippen molar-refractivity contribution in [3.8, 4) is 11.3 Å². The number of hydrogen-bond donors (Lipinski definition) is 2. The molecule has 23 heavy (non-hydrogen) atoms. The zero-order valence-corrected chi connectivity index (χ0v) is 12.9. The maximum atomic E-state index is 11.9. The van der Waals surface area contributed by atoms with Gasteiger partial charge in [0.15, 0.2) is 5.54 Å². The van der Waals surface area contributed by atoms with Crippen molar-refractivity contribution in [2.45, 2.75) is 31.7 Å². The molecular weight excluding hydrogens is 292 g/mol. The van der Waals surface area contributed by atoms with Crippen molar-refractivity contribution in [1.29, 1.82) is 0 Å². The highest BCUT2D eigenvalue weighted by Crippen LogP contribution is 2.36. The number of carbonyl (C=O) groups excluding carboxylic acids is 1. The molecule has 3 rings (SSSR count). The minimum absolute atomic E-state index is 0.354. The number of nitrogens with zero attached hydrogens (tertiary/aromatic N) is 1. The van der Waals surface area contributed by atoms with Crippen LogP contribution in [0.1, 0.15) is 31.0 Å². The molecule has 0 spiro atoms. The maximum absolute atomic E-state index is 11.9. The lowest BCUT2D eigenvalue weighted by molar-refractivity contribution is -0.148. The average molecular weight is 310 g/mol. The second kappa shape index (κ2) is 5.83. The molecule has 1 aliphatic carbocycles. The van der Waals surface area contributed by atoms with Crippen molar-refractivity contribution in [3.05, 3.63) is 53.7 Å². The Bertz CT molecular complexity index is 758. The van der Waals surface area contributed by atoms with Gasteiger partial charge in [0.05, 0.1) is 5.69 Å². The number of pyridine rings is 1. The Balaban J connectivity index is 2.09. The van der Waals surface area contributed by atoms with Crippen molar-refractivity contribution >= 4 is 11.9 Å². The summed E-state index contributed by atoms with van der Waals surface area (Å²) >= 11 is 0. The zero-order chi connectivity index (χ0) is 16.4. The van der Waals surface area contributed by atoms with E-state index in [-0.39, 0.29) is 5.91 Å². The van der Waals surface area contributed by atoms with Crippen LogP contribution >= 0.6 is 0 Å². The lowest BCUT2D eigenvalue weighted by Gasteiger charge is -2.35. The molecule has 118 valence electrons. The molecule has 2 aromatic rings. The summed E-state index contributed by atoms with van der Waals surface area (Å²) in [5.74, 6) is -1.39. The summed E-state index contributed by atoms with van der Waals surface area (Å²) in [5.41, 5.74) is 1.76. The second-order valence-electron chi connectivity index (χ2n) is 5.80. The largest absolute Gasteiger partial charge is 0.479 e. The smallest absolute Gasteiger partial charge is 0.334 e. The molecular formula is C18H18N2O3. The van der Waals surface area contributed by atoms with E-state index in [1.807, 2.05) is 36.4 Å². The fraction of sp³-hybridized carbons (Fsp3) is 0.278. The minimum Gasteiger partial charge on any atom is -0.479 e. The van der Waals surface area contributed by atoms with Crippen LogP contribution in [0, 0.1) is 0 Å². The number of aryl methyl sites for hydroxylation is 1. The van der Waals surface area contributed by atoms with Crippen LogP contribution in [0.15, 0.2) is 42.5 Å². The predicted molar refractivity (Wildman–Crippen MR) is 85.7 cm³/mol. The Hall–Kier alpha value is -2.69. The third kappa shape index (κ3) is 2.70. The zero-order valence-electron chi connectivity index (χ0n) is 12.9. The third-order valence-electron chi connectivity index (χ3n) is 4.22. The van der Waals surface area contributed by atoms with Gasteiger partial charge in [0, 0.05) is 23.7 Å². The van der Waals surface area contributed by atoms with E-state index in [2.05, 4.69) is 10.3 Å². The van der Waals surface area contributed by atoms with Crippen LogP contribution in [0.2, 0.25) is 0 Å². The van der Waals surface area contributed by atoms with Gasteiger partial charge in [0.2, 0.25) is 5.91 Å². The average Bonchev–Trinajstić information content (AvgIpc) is 2.54. The third-order valence-corrected chi connectivity index (χ3v) is 4.22. The van der Waals surface area contributed by atoms with Crippen molar-refractivity contribution in [2.75, 3.05) is 0 Å². The van der Waals surface area contributed by atoms with E-state index in [4.69, 9.17) is 0 Å². The fourth-order valence-corrected chi connectivity index (χ4v) is 3.21. The molecule has 1 aromatic heterocycles.